The van der Waals surface area contributed by atoms with Crippen molar-refractivity contribution in [1.29, 1.82) is 0 Å². The van der Waals surface area contributed by atoms with E-state index in [4.69, 9.17) is 28.2 Å². The quantitative estimate of drug-likeness (QED) is 0.750. The summed E-state index contributed by atoms with van der Waals surface area (Å²) in [4.78, 5) is 4.81. The van der Waals surface area contributed by atoms with Gasteiger partial charge in [0, 0.05) is 18.3 Å². The summed E-state index contributed by atoms with van der Waals surface area (Å²) >= 11 is 12.4. The van der Waals surface area contributed by atoms with Crippen molar-refractivity contribution in [3.63, 3.8) is 0 Å². The first kappa shape index (κ1) is 12.8. The molecule has 21 heavy (non-hydrogen) atoms. The van der Waals surface area contributed by atoms with E-state index in [1.165, 1.54) is 24.8 Å². The number of alkyl halides is 1. The molecule has 0 N–H and O–H groups in total. The molecule has 1 heterocycles. The van der Waals surface area contributed by atoms with Gasteiger partial charge in [0.2, 0.25) is 0 Å². The van der Waals surface area contributed by atoms with Gasteiger partial charge in [-0.1, -0.05) is 17.7 Å². The Morgan fingerprint density at radius 1 is 1.19 bits per heavy atom. The molecule has 0 saturated heterocycles. The molecule has 3 fully saturated rings. The maximum Gasteiger partial charge on any atom is 0.111 e. The molecule has 0 aliphatic heterocycles. The first-order valence-electron chi connectivity index (χ1n) is 8.01. The number of aryl methyl sites for hydroxylation is 1. The van der Waals surface area contributed by atoms with Gasteiger partial charge < -0.3 is 4.57 Å². The van der Waals surface area contributed by atoms with Crippen LogP contribution in [-0.2, 0) is 6.42 Å². The number of aromatic nitrogens is 2. The van der Waals surface area contributed by atoms with E-state index >= 15 is 0 Å². The average Bonchev–Trinajstić information content (AvgIpc) is 2.84. The molecule has 3 aliphatic rings. The highest BCUT2D eigenvalue weighted by molar-refractivity contribution is 6.34. The minimum absolute atomic E-state index is 0.621. The van der Waals surface area contributed by atoms with E-state index in [1.54, 1.807) is 0 Å². The number of fused-ring (bicyclic) bond motifs is 6. The summed E-state index contributed by atoms with van der Waals surface area (Å²) in [5.41, 5.74) is 2.16. The summed E-state index contributed by atoms with van der Waals surface area (Å²) in [6.45, 7) is 0. The van der Waals surface area contributed by atoms with Crippen LogP contribution in [0.1, 0.15) is 31.1 Å². The van der Waals surface area contributed by atoms with Crippen molar-refractivity contribution in [2.75, 3.05) is 5.88 Å². The summed E-state index contributed by atoms with van der Waals surface area (Å²) in [7, 11) is 0. The molecule has 0 radical (unpaired) electrons. The van der Waals surface area contributed by atoms with Crippen molar-refractivity contribution in [3.8, 4) is 0 Å². The molecule has 4 unspecified atom stereocenters. The van der Waals surface area contributed by atoms with Crippen LogP contribution in [0.25, 0.3) is 11.0 Å². The van der Waals surface area contributed by atoms with E-state index in [2.05, 4.69) is 10.6 Å². The number of imidazole rings is 1. The number of para-hydroxylation sites is 1. The van der Waals surface area contributed by atoms with Crippen LogP contribution < -0.4 is 0 Å². The standard InChI is InChI=1S/C17H18Cl2N2/c18-7-6-13-20-16-11(19)2-1-3-12(16)21(13)17-14-9-4-5-10(8-9)15(14)17/h1-3,9-10,14-15,17H,4-8H2. The first-order valence-corrected chi connectivity index (χ1v) is 8.92. The third-order valence-corrected chi connectivity index (χ3v) is 6.55. The second-order valence-corrected chi connectivity index (χ2v) is 7.71. The van der Waals surface area contributed by atoms with E-state index in [0.717, 1.165) is 46.5 Å². The molecule has 3 saturated carbocycles. The van der Waals surface area contributed by atoms with E-state index in [9.17, 15) is 0 Å². The van der Waals surface area contributed by atoms with Gasteiger partial charge in [0.05, 0.1) is 10.5 Å². The average molecular weight is 321 g/mol. The van der Waals surface area contributed by atoms with Crippen LogP contribution in [0.5, 0.6) is 0 Å². The summed E-state index contributed by atoms with van der Waals surface area (Å²) < 4.78 is 2.49. The molecule has 3 aliphatic carbocycles. The van der Waals surface area contributed by atoms with Crippen LogP contribution >= 0.6 is 23.2 Å². The Labute approximate surface area is 134 Å². The number of nitrogens with zero attached hydrogens (tertiary/aromatic N) is 2. The smallest absolute Gasteiger partial charge is 0.111 e. The van der Waals surface area contributed by atoms with E-state index in [1.807, 2.05) is 12.1 Å². The Hall–Kier alpha value is -0.730. The van der Waals surface area contributed by atoms with Crippen LogP contribution in [0.3, 0.4) is 0 Å². The lowest BCUT2D eigenvalue weighted by molar-refractivity contribution is 0.452. The topological polar surface area (TPSA) is 17.8 Å². The van der Waals surface area contributed by atoms with Gasteiger partial charge in [0.15, 0.2) is 0 Å². The minimum atomic E-state index is 0.621. The van der Waals surface area contributed by atoms with E-state index in [0.29, 0.717) is 11.9 Å². The maximum absolute atomic E-state index is 6.35. The highest BCUT2D eigenvalue weighted by Crippen LogP contribution is 2.72. The lowest BCUT2D eigenvalue weighted by Gasteiger charge is -2.14. The molecule has 110 valence electrons. The van der Waals surface area contributed by atoms with Gasteiger partial charge >= 0.3 is 0 Å². The van der Waals surface area contributed by atoms with Crippen molar-refractivity contribution in [3.05, 3.63) is 29.0 Å². The normalized spacial score (nSPS) is 36.4. The lowest BCUT2D eigenvalue weighted by Crippen LogP contribution is -2.09. The monoisotopic (exact) mass is 320 g/mol. The maximum atomic E-state index is 6.35. The molecule has 0 spiro atoms. The third kappa shape index (κ3) is 1.64. The molecule has 2 nitrogen and oxygen atoms in total. The number of benzene rings is 1. The number of halogens is 2. The Balaban J connectivity index is 1.65. The van der Waals surface area contributed by atoms with Crippen LogP contribution in [0.15, 0.2) is 18.2 Å². The zero-order valence-corrected chi connectivity index (χ0v) is 13.3. The lowest BCUT2D eigenvalue weighted by atomic mass is 10.0. The molecule has 2 bridgehead atoms. The molecule has 4 atom stereocenters. The van der Waals surface area contributed by atoms with Crippen LogP contribution in [0.2, 0.25) is 5.02 Å². The summed E-state index contributed by atoms with van der Waals surface area (Å²) in [6, 6.07) is 6.81. The predicted molar refractivity (Wildman–Crippen MR) is 86.0 cm³/mol. The molecule has 0 amide bonds. The molecule has 4 heteroatoms. The van der Waals surface area contributed by atoms with Crippen molar-refractivity contribution < 1.29 is 0 Å². The Morgan fingerprint density at radius 2 is 1.95 bits per heavy atom. The molecule has 5 rings (SSSR count). The van der Waals surface area contributed by atoms with Crippen molar-refractivity contribution in [1.82, 2.24) is 9.55 Å². The molecular weight excluding hydrogens is 303 g/mol. The van der Waals surface area contributed by atoms with Gasteiger partial charge in [-0.2, -0.15) is 0 Å². The Morgan fingerprint density at radius 3 is 2.67 bits per heavy atom. The van der Waals surface area contributed by atoms with Crippen LogP contribution in [0.4, 0.5) is 0 Å². The zero-order valence-electron chi connectivity index (χ0n) is 11.8. The molecule has 2 aromatic rings. The first-order chi connectivity index (χ1) is 10.3. The van der Waals surface area contributed by atoms with Gasteiger partial charge in [-0.3, -0.25) is 0 Å². The third-order valence-electron chi connectivity index (χ3n) is 6.05. The molecule has 1 aromatic heterocycles. The summed E-state index contributed by atoms with van der Waals surface area (Å²) in [5, 5.41) is 0.760. The van der Waals surface area contributed by atoms with Crippen LogP contribution in [0, 0.1) is 23.7 Å². The van der Waals surface area contributed by atoms with E-state index in [-0.39, 0.29) is 0 Å². The SMILES string of the molecule is ClCCc1nc2c(Cl)cccc2n1C1C2C3CCC(C3)C21. The van der Waals surface area contributed by atoms with Crippen LogP contribution in [-0.4, -0.2) is 15.4 Å². The molecule has 1 aromatic carbocycles. The predicted octanol–water partition coefficient (Wildman–Crippen LogP) is 4.69. The van der Waals surface area contributed by atoms with Gasteiger partial charge in [-0.15, -0.1) is 11.6 Å². The molecular formula is C17H18Cl2N2. The Kier molecular flexibility index (Phi) is 2.67. The van der Waals surface area contributed by atoms with Gasteiger partial charge in [0.1, 0.15) is 11.3 Å². The van der Waals surface area contributed by atoms with Crippen molar-refractivity contribution >= 4 is 34.2 Å². The fraction of sp³-hybridized carbons (Fsp3) is 0.588. The van der Waals surface area contributed by atoms with Gasteiger partial charge in [-0.25, -0.2) is 4.98 Å². The van der Waals surface area contributed by atoms with Crippen molar-refractivity contribution in [2.24, 2.45) is 23.7 Å². The van der Waals surface area contributed by atoms with Gasteiger partial charge in [-0.05, 0) is 55.1 Å². The minimum Gasteiger partial charge on any atom is -0.324 e. The van der Waals surface area contributed by atoms with Crippen molar-refractivity contribution in [2.45, 2.75) is 31.7 Å². The second-order valence-electron chi connectivity index (χ2n) is 6.92. The second kappa shape index (κ2) is 4.39. The summed E-state index contributed by atoms with van der Waals surface area (Å²) in [6.07, 6.45) is 5.20. The largest absolute Gasteiger partial charge is 0.324 e. The fourth-order valence-corrected chi connectivity index (χ4v) is 5.73. The highest BCUT2D eigenvalue weighted by atomic mass is 35.5. The van der Waals surface area contributed by atoms with E-state index < -0.39 is 0 Å². The number of rotatable bonds is 3. The number of hydrogen-bond donors (Lipinski definition) is 0. The number of hydrogen-bond acceptors (Lipinski definition) is 1. The van der Waals surface area contributed by atoms with Gasteiger partial charge in [0.25, 0.3) is 0 Å². The zero-order chi connectivity index (χ0) is 14.1. The fourth-order valence-electron chi connectivity index (χ4n) is 5.35. The summed E-state index contributed by atoms with van der Waals surface area (Å²) in [5.74, 6) is 5.47. The highest BCUT2D eigenvalue weighted by Gasteiger charge is 2.66. The Bertz CT molecular complexity index is 707.